The van der Waals surface area contributed by atoms with Crippen molar-refractivity contribution in [2.45, 2.75) is 20.8 Å². The van der Waals surface area contributed by atoms with Crippen LogP contribution in [-0.2, 0) is 0 Å². The summed E-state index contributed by atoms with van der Waals surface area (Å²) in [5.74, 6) is -0.0646. The molecule has 0 aliphatic carbocycles. The maximum atomic E-state index is 12.3. The van der Waals surface area contributed by atoms with Crippen LogP contribution in [0, 0.1) is 12.3 Å². The molecule has 19 heavy (non-hydrogen) atoms. The molecule has 1 aromatic rings. The maximum absolute atomic E-state index is 12.3. The lowest BCUT2D eigenvalue weighted by Crippen LogP contribution is -2.39. The molecule has 0 saturated heterocycles. The smallest absolute Gasteiger partial charge is 0.255 e. The molecular weight excluding hydrogens is 283 g/mol. The summed E-state index contributed by atoms with van der Waals surface area (Å²) in [5.41, 5.74) is 7.05. The van der Waals surface area contributed by atoms with Crippen molar-refractivity contribution in [1.29, 1.82) is 0 Å². The predicted octanol–water partition coefficient (Wildman–Crippen LogP) is 3.13. The van der Waals surface area contributed by atoms with Gasteiger partial charge in [-0.25, -0.2) is 0 Å². The van der Waals surface area contributed by atoms with Gasteiger partial charge in [0.1, 0.15) is 0 Å². The maximum Gasteiger partial charge on any atom is 0.255 e. The van der Waals surface area contributed by atoms with Crippen molar-refractivity contribution in [3.63, 3.8) is 0 Å². The molecule has 1 amide bonds. The molecule has 0 aromatic heterocycles. The fourth-order valence-corrected chi connectivity index (χ4v) is 2.00. The van der Waals surface area contributed by atoms with Crippen LogP contribution in [0.25, 0.3) is 0 Å². The SMILES string of the molecule is Cc1cccc(C(=O)N(C)CC(C)(C)CN)c1Cl.Cl. The third-order valence-electron chi connectivity index (χ3n) is 2.99. The molecule has 0 heterocycles. The summed E-state index contributed by atoms with van der Waals surface area (Å²) in [6.07, 6.45) is 0. The second-order valence-corrected chi connectivity index (χ2v) is 5.84. The molecule has 0 unspecified atom stereocenters. The normalized spacial score (nSPS) is 10.8. The van der Waals surface area contributed by atoms with Crippen LogP contribution < -0.4 is 5.73 Å². The van der Waals surface area contributed by atoms with Gasteiger partial charge in [-0.05, 0) is 30.5 Å². The summed E-state index contributed by atoms with van der Waals surface area (Å²) < 4.78 is 0. The first-order chi connectivity index (χ1) is 8.28. The predicted molar refractivity (Wildman–Crippen MR) is 83.2 cm³/mol. The number of hydrogen-bond donors (Lipinski definition) is 1. The number of nitrogens with two attached hydrogens (primary N) is 1. The number of aryl methyl sites for hydroxylation is 1. The van der Waals surface area contributed by atoms with Gasteiger partial charge in [0.2, 0.25) is 0 Å². The van der Waals surface area contributed by atoms with Crippen LogP contribution in [-0.4, -0.2) is 30.9 Å². The first kappa shape index (κ1) is 18.2. The van der Waals surface area contributed by atoms with Gasteiger partial charge in [0.25, 0.3) is 5.91 Å². The highest BCUT2D eigenvalue weighted by Crippen LogP contribution is 2.23. The summed E-state index contributed by atoms with van der Waals surface area (Å²) >= 11 is 6.17. The van der Waals surface area contributed by atoms with Crippen molar-refractivity contribution < 1.29 is 4.79 Å². The fraction of sp³-hybridized carbons (Fsp3) is 0.500. The lowest BCUT2D eigenvalue weighted by Gasteiger charge is -2.29. The number of hydrogen-bond acceptors (Lipinski definition) is 2. The van der Waals surface area contributed by atoms with Gasteiger partial charge in [-0.3, -0.25) is 4.79 Å². The van der Waals surface area contributed by atoms with E-state index in [2.05, 4.69) is 0 Å². The molecule has 0 saturated carbocycles. The molecule has 2 N–H and O–H groups in total. The van der Waals surface area contributed by atoms with E-state index in [0.29, 0.717) is 23.7 Å². The quantitative estimate of drug-likeness (QED) is 0.929. The van der Waals surface area contributed by atoms with Gasteiger partial charge in [0.15, 0.2) is 0 Å². The van der Waals surface area contributed by atoms with Crippen molar-refractivity contribution >= 4 is 29.9 Å². The van der Waals surface area contributed by atoms with Gasteiger partial charge < -0.3 is 10.6 Å². The third-order valence-corrected chi connectivity index (χ3v) is 3.49. The Bertz CT molecular complexity index is 447. The van der Waals surface area contributed by atoms with Crippen LogP contribution in [0.3, 0.4) is 0 Å². The highest BCUT2D eigenvalue weighted by molar-refractivity contribution is 6.34. The number of benzene rings is 1. The molecule has 0 fully saturated rings. The van der Waals surface area contributed by atoms with E-state index < -0.39 is 0 Å². The lowest BCUT2D eigenvalue weighted by atomic mass is 9.93. The minimum Gasteiger partial charge on any atom is -0.341 e. The monoisotopic (exact) mass is 304 g/mol. The van der Waals surface area contributed by atoms with Crippen molar-refractivity contribution in [2.24, 2.45) is 11.1 Å². The van der Waals surface area contributed by atoms with E-state index in [4.69, 9.17) is 17.3 Å². The van der Waals surface area contributed by atoms with Gasteiger partial charge in [0.05, 0.1) is 10.6 Å². The third kappa shape index (κ3) is 4.68. The van der Waals surface area contributed by atoms with Gasteiger partial charge >= 0.3 is 0 Å². The Labute approximate surface area is 126 Å². The summed E-state index contributed by atoms with van der Waals surface area (Å²) in [6, 6.07) is 5.49. The van der Waals surface area contributed by atoms with E-state index in [1.807, 2.05) is 32.9 Å². The molecular formula is C14H22Cl2N2O. The molecule has 0 radical (unpaired) electrons. The Balaban J connectivity index is 0.00000324. The van der Waals surface area contributed by atoms with E-state index in [0.717, 1.165) is 5.56 Å². The summed E-state index contributed by atoms with van der Waals surface area (Å²) in [6.45, 7) is 7.10. The molecule has 0 bridgehead atoms. The second-order valence-electron chi connectivity index (χ2n) is 5.47. The molecule has 0 spiro atoms. The van der Waals surface area contributed by atoms with Gasteiger partial charge in [-0.15, -0.1) is 12.4 Å². The highest BCUT2D eigenvalue weighted by atomic mass is 35.5. The molecule has 3 nitrogen and oxygen atoms in total. The molecule has 0 aliphatic heterocycles. The zero-order valence-corrected chi connectivity index (χ0v) is 13.4. The lowest BCUT2D eigenvalue weighted by molar-refractivity contribution is 0.0740. The summed E-state index contributed by atoms with van der Waals surface area (Å²) in [4.78, 5) is 14.0. The summed E-state index contributed by atoms with van der Waals surface area (Å²) in [7, 11) is 1.78. The topological polar surface area (TPSA) is 46.3 Å². The Morgan fingerprint density at radius 2 is 2.00 bits per heavy atom. The van der Waals surface area contributed by atoms with E-state index in [1.54, 1.807) is 18.0 Å². The van der Waals surface area contributed by atoms with Crippen LogP contribution in [0.1, 0.15) is 29.8 Å². The van der Waals surface area contributed by atoms with Crippen LogP contribution >= 0.6 is 24.0 Å². The molecule has 5 heteroatoms. The molecule has 1 aromatic carbocycles. The van der Waals surface area contributed by atoms with E-state index in [1.165, 1.54) is 0 Å². The van der Waals surface area contributed by atoms with Gasteiger partial charge in [-0.2, -0.15) is 0 Å². The van der Waals surface area contributed by atoms with Crippen molar-refractivity contribution in [3.05, 3.63) is 34.3 Å². The molecule has 0 aliphatic rings. The Kier molecular flexibility index (Phi) is 6.84. The largest absolute Gasteiger partial charge is 0.341 e. The van der Waals surface area contributed by atoms with Gasteiger partial charge in [0, 0.05) is 13.6 Å². The minimum absolute atomic E-state index is 0. The first-order valence-electron chi connectivity index (χ1n) is 5.99. The molecule has 0 atom stereocenters. The Hall–Kier alpha value is -0.770. The molecule has 1 rings (SSSR count). The van der Waals surface area contributed by atoms with Crippen LogP contribution in [0.2, 0.25) is 5.02 Å². The second kappa shape index (κ2) is 7.13. The van der Waals surface area contributed by atoms with Crippen molar-refractivity contribution in [1.82, 2.24) is 4.90 Å². The van der Waals surface area contributed by atoms with Gasteiger partial charge in [-0.1, -0.05) is 37.6 Å². The fourth-order valence-electron chi connectivity index (χ4n) is 1.80. The average molecular weight is 305 g/mol. The van der Waals surface area contributed by atoms with E-state index in [9.17, 15) is 4.79 Å². The number of amides is 1. The number of nitrogens with zero attached hydrogens (tertiary/aromatic N) is 1. The van der Waals surface area contributed by atoms with Crippen LogP contribution in [0.4, 0.5) is 0 Å². The Morgan fingerprint density at radius 1 is 1.42 bits per heavy atom. The van der Waals surface area contributed by atoms with Crippen LogP contribution in [0.15, 0.2) is 18.2 Å². The van der Waals surface area contributed by atoms with E-state index >= 15 is 0 Å². The Morgan fingerprint density at radius 3 is 2.53 bits per heavy atom. The zero-order chi connectivity index (χ0) is 13.9. The zero-order valence-electron chi connectivity index (χ0n) is 11.9. The first-order valence-corrected chi connectivity index (χ1v) is 6.37. The van der Waals surface area contributed by atoms with Crippen molar-refractivity contribution in [2.75, 3.05) is 20.1 Å². The standard InChI is InChI=1S/C14H21ClN2O.ClH/c1-10-6-5-7-11(12(10)15)13(18)17(4)9-14(2,3)8-16;/h5-7H,8-9,16H2,1-4H3;1H. The minimum atomic E-state index is -0.0965. The number of rotatable bonds is 4. The number of carbonyl (C=O) groups is 1. The molecule has 108 valence electrons. The number of carbonyl (C=O) groups excluding carboxylic acids is 1. The number of halogens is 2. The average Bonchev–Trinajstić information content (AvgIpc) is 2.31. The van der Waals surface area contributed by atoms with Crippen LogP contribution in [0.5, 0.6) is 0 Å². The highest BCUT2D eigenvalue weighted by Gasteiger charge is 2.23. The van der Waals surface area contributed by atoms with Crippen molar-refractivity contribution in [3.8, 4) is 0 Å². The summed E-state index contributed by atoms with van der Waals surface area (Å²) in [5, 5.41) is 0.528. The van der Waals surface area contributed by atoms with E-state index in [-0.39, 0.29) is 23.7 Å².